The Morgan fingerprint density at radius 1 is 1.17 bits per heavy atom. The van der Waals surface area contributed by atoms with E-state index in [2.05, 4.69) is 41.8 Å². The van der Waals surface area contributed by atoms with Gasteiger partial charge >= 0.3 is 0 Å². The van der Waals surface area contributed by atoms with E-state index in [0.29, 0.717) is 11.7 Å². The van der Waals surface area contributed by atoms with Crippen molar-refractivity contribution in [3.63, 3.8) is 0 Å². The molecule has 150 valence electrons. The molecule has 5 rings (SSSR count). The zero-order valence-electron chi connectivity index (χ0n) is 15.8. The first-order valence-corrected chi connectivity index (χ1v) is 11.2. The summed E-state index contributed by atoms with van der Waals surface area (Å²) in [5.74, 6) is 0.617. The number of thiazole rings is 1. The van der Waals surface area contributed by atoms with Crippen LogP contribution in [0.3, 0.4) is 0 Å². The Bertz CT molecular complexity index is 1220. The molecule has 2 aromatic heterocycles. The van der Waals surface area contributed by atoms with Crippen LogP contribution in [0.15, 0.2) is 58.4 Å². The molecule has 0 aliphatic heterocycles. The lowest BCUT2D eigenvalue weighted by molar-refractivity contribution is -0.115. The van der Waals surface area contributed by atoms with Crippen LogP contribution in [0.25, 0.3) is 22.0 Å². The van der Waals surface area contributed by atoms with E-state index in [9.17, 15) is 4.79 Å². The Morgan fingerprint density at radius 2 is 2.00 bits per heavy atom. The van der Waals surface area contributed by atoms with Crippen molar-refractivity contribution >= 4 is 38.9 Å². The number of aromatic nitrogens is 5. The number of carbonyl (C=O) groups excluding carboxylic acids is 1. The fourth-order valence-electron chi connectivity index (χ4n) is 3.20. The molecular formula is C21H17BrN6OS. The Labute approximate surface area is 185 Å². The second kappa shape index (κ2) is 8.08. The van der Waals surface area contributed by atoms with Gasteiger partial charge in [-0.05, 0) is 47.5 Å². The Kier molecular flexibility index (Phi) is 5.14. The number of benzene rings is 2. The molecule has 1 fully saturated rings. The lowest BCUT2D eigenvalue weighted by Gasteiger charge is -2.07. The number of hydrogen-bond donors (Lipinski definition) is 1. The summed E-state index contributed by atoms with van der Waals surface area (Å²) in [5.41, 5.74) is 3.38. The van der Waals surface area contributed by atoms with Crippen molar-refractivity contribution in [2.75, 3.05) is 5.32 Å². The van der Waals surface area contributed by atoms with Crippen LogP contribution >= 0.6 is 27.3 Å². The summed E-state index contributed by atoms with van der Waals surface area (Å²) < 4.78 is 2.86. The average molecular weight is 481 g/mol. The molecule has 9 heteroatoms. The zero-order chi connectivity index (χ0) is 20.5. The molecule has 1 aliphatic rings. The number of amides is 1. The van der Waals surface area contributed by atoms with Crippen molar-refractivity contribution in [1.29, 1.82) is 0 Å². The second-order valence-corrected chi connectivity index (χ2v) is 8.91. The maximum absolute atomic E-state index is 12.6. The molecule has 1 amide bonds. The van der Waals surface area contributed by atoms with Gasteiger partial charge in [-0.3, -0.25) is 4.79 Å². The molecule has 30 heavy (non-hydrogen) atoms. The molecule has 0 unspecified atom stereocenters. The monoisotopic (exact) mass is 480 g/mol. The van der Waals surface area contributed by atoms with Gasteiger partial charge in [0.05, 0.1) is 18.2 Å². The van der Waals surface area contributed by atoms with Gasteiger partial charge in [0.15, 0.2) is 5.82 Å². The molecule has 0 spiro atoms. The van der Waals surface area contributed by atoms with Crippen molar-refractivity contribution in [2.24, 2.45) is 0 Å². The minimum Gasteiger partial charge on any atom is -0.326 e. The first kappa shape index (κ1) is 19.1. The summed E-state index contributed by atoms with van der Waals surface area (Å²) in [7, 11) is 0. The molecular weight excluding hydrogens is 464 g/mol. The third-order valence-electron chi connectivity index (χ3n) is 4.76. The lowest BCUT2D eigenvalue weighted by atomic mass is 10.2. The fraction of sp³-hybridized carbons (Fsp3) is 0.190. The first-order valence-electron chi connectivity index (χ1n) is 9.54. The maximum Gasteiger partial charge on any atom is 0.230 e. The number of nitrogens with zero attached hydrogens (tertiary/aromatic N) is 5. The molecule has 1 N–H and O–H groups in total. The quantitative estimate of drug-likeness (QED) is 0.430. The van der Waals surface area contributed by atoms with Gasteiger partial charge in [-0.15, -0.1) is 16.4 Å². The van der Waals surface area contributed by atoms with E-state index in [1.165, 1.54) is 11.3 Å². The summed E-state index contributed by atoms with van der Waals surface area (Å²) in [4.78, 5) is 17.2. The van der Waals surface area contributed by atoms with Gasteiger partial charge < -0.3 is 5.32 Å². The normalized spacial score (nSPS) is 13.4. The molecule has 0 bridgehead atoms. The first-order chi connectivity index (χ1) is 14.7. The Hall–Kier alpha value is -2.91. The lowest BCUT2D eigenvalue weighted by Crippen LogP contribution is -2.14. The van der Waals surface area contributed by atoms with Crippen molar-refractivity contribution in [2.45, 2.75) is 25.3 Å². The standard InChI is InChI=1S/C21H17BrN6OS/c22-15-5-1-4-14(9-15)21-24-17(12-30-21)11-19(29)23-16-6-2-3-13(10-16)20-25-26-27-28(20)18-7-8-18/h1-6,9-10,12,18H,7-8,11H2,(H,23,29). The van der Waals surface area contributed by atoms with Crippen LogP contribution in [-0.4, -0.2) is 31.1 Å². The topological polar surface area (TPSA) is 85.6 Å². The van der Waals surface area contributed by atoms with Crippen LogP contribution in [0.4, 0.5) is 5.69 Å². The van der Waals surface area contributed by atoms with Crippen molar-refractivity contribution in [3.8, 4) is 22.0 Å². The van der Waals surface area contributed by atoms with Crippen molar-refractivity contribution in [1.82, 2.24) is 25.2 Å². The molecule has 1 saturated carbocycles. The molecule has 0 atom stereocenters. The Morgan fingerprint density at radius 3 is 2.83 bits per heavy atom. The van der Waals surface area contributed by atoms with Gasteiger partial charge in [-0.25, -0.2) is 9.67 Å². The molecule has 0 saturated heterocycles. The number of nitrogens with one attached hydrogen (secondary N) is 1. The molecule has 2 heterocycles. The predicted molar refractivity (Wildman–Crippen MR) is 119 cm³/mol. The van der Waals surface area contributed by atoms with Crippen molar-refractivity contribution in [3.05, 3.63) is 64.1 Å². The van der Waals surface area contributed by atoms with E-state index >= 15 is 0 Å². The Balaban J connectivity index is 1.28. The van der Waals surface area contributed by atoms with E-state index in [1.54, 1.807) is 0 Å². The second-order valence-electron chi connectivity index (χ2n) is 7.14. The fourth-order valence-corrected chi connectivity index (χ4v) is 4.41. The van der Waals surface area contributed by atoms with E-state index < -0.39 is 0 Å². The molecule has 2 aromatic carbocycles. The maximum atomic E-state index is 12.6. The highest BCUT2D eigenvalue weighted by molar-refractivity contribution is 9.10. The minimum atomic E-state index is -0.111. The molecule has 1 aliphatic carbocycles. The van der Waals surface area contributed by atoms with Crippen LogP contribution < -0.4 is 5.32 Å². The van der Waals surface area contributed by atoms with Gasteiger partial charge in [0.1, 0.15) is 5.01 Å². The van der Waals surface area contributed by atoms with Crippen molar-refractivity contribution < 1.29 is 4.79 Å². The zero-order valence-corrected chi connectivity index (χ0v) is 18.2. The third kappa shape index (κ3) is 4.17. The third-order valence-corrected chi connectivity index (χ3v) is 6.19. The summed E-state index contributed by atoms with van der Waals surface area (Å²) in [5, 5.41) is 17.8. The summed E-state index contributed by atoms with van der Waals surface area (Å²) in [6.07, 6.45) is 2.42. The largest absolute Gasteiger partial charge is 0.326 e. The van der Waals surface area contributed by atoms with E-state index in [0.717, 1.165) is 45.0 Å². The van der Waals surface area contributed by atoms with E-state index in [4.69, 9.17) is 0 Å². The van der Waals surface area contributed by atoms with Gasteiger partial charge in [0, 0.05) is 26.7 Å². The molecule has 4 aromatic rings. The van der Waals surface area contributed by atoms with Gasteiger partial charge in [0.25, 0.3) is 0 Å². The average Bonchev–Trinajstić information content (AvgIpc) is 3.27. The van der Waals surface area contributed by atoms with Gasteiger partial charge in [0.2, 0.25) is 5.91 Å². The number of tetrazole rings is 1. The number of hydrogen-bond acceptors (Lipinski definition) is 6. The number of carbonyl (C=O) groups is 1. The smallest absolute Gasteiger partial charge is 0.230 e. The van der Waals surface area contributed by atoms with Crippen LogP contribution in [0, 0.1) is 0 Å². The van der Waals surface area contributed by atoms with Gasteiger partial charge in [-0.1, -0.05) is 40.2 Å². The summed E-state index contributed by atoms with van der Waals surface area (Å²) >= 11 is 5.01. The SMILES string of the molecule is O=C(Cc1csc(-c2cccc(Br)c2)n1)Nc1cccc(-c2nnnn2C2CC2)c1. The van der Waals surface area contributed by atoms with Crippen LogP contribution in [0.2, 0.25) is 0 Å². The minimum absolute atomic E-state index is 0.111. The van der Waals surface area contributed by atoms with E-state index in [1.807, 2.05) is 58.6 Å². The number of halogens is 1. The summed E-state index contributed by atoms with van der Waals surface area (Å²) in [6, 6.07) is 16.0. The highest BCUT2D eigenvalue weighted by Crippen LogP contribution is 2.36. The van der Waals surface area contributed by atoms with Gasteiger partial charge in [-0.2, -0.15) is 0 Å². The molecule has 0 radical (unpaired) electrons. The number of anilines is 1. The highest BCUT2D eigenvalue weighted by atomic mass is 79.9. The van der Waals surface area contributed by atoms with Crippen LogP contribution in [0.1, 0.15) is 24.6 Å². The number of rotatable bonds is 6. The van der Waals surface area contributed by atoms with Crippen LogP contribution in [0.5, 0.6) is 0 Å². The highest BCUT2D eigenvalue weighted by Gasteiger charge is 2.28. The molecule has 7 nitrogen and oxygen atoms in total. The van der Waals surface area contributed by atoms with Crippen LogP contribution in [-0.2, 0) is 11.2 Å². The summed E-state index contributed by atoms with van der Waals surface area (Å²) in [6.45, 7) is 0. The van der Waals surface area contributed by atoms with E-state index in [-0.39, 0.29) is 12.3 Å². The predicted octanol–water partition coefficient (Wildman–Crippen LogP) is 4.74.